The van der Waals surface area contributed by atoms with Crippen LogP contribution in [0.4, 0.5) is 0 Å². The average Bonchev–Trinajstić information content (AvgIpc) is 2.66. The number of carbonyl (C=O) groups excluding carboxylic acids is 1. The van der Waals surface area contributed by atoms with Gasteiger partial charge in [-0.1, -0.05) is 23.7 Å². The van der Waals surface area contributed by atoms with Gasteiger partial charge in [-0.25, -0.2) is 0 Å². The lowest BCUT2D eigenvalue weighted by atomic mass is 9.97. The second kappa shape index (κ2) is 7.82. The van der Waals surface area contributed by atoms with Crippen LogP contribution in [0.15, 0.2) is 18.2 Å². The maximum atomic E-state index is 12.0. The first kappa shape index (κ1) is 20.8. The summed E-state index contributed by atoms with van der Waals surface area (Å²) in [5.41, 5.74) is 0.464. The van der Waals surface area contributed by atoms with E-state index in [1.807, 2.05) is 0 Å². The van der Waals surface area contributed by atoms with Crippen molar-refractivity contribution >= 4 is 28.2 Å². The van der Waals surface area contributed by atoms with Gasteiger partial charge >= 0.3 is 0 Å². The first-order chi connectivity index (χ1) is 13.2. The van der Waals surface area contributed by atoms with Crippen LogP contribution in [-0.2, 0) is 4.74 Å². The van der Waals surface area contributed by atoms with E-state index in [0.717, 1.165) is 0 Å². The number of ketones is 1. The van der Waals surface area contributed by atoms with Gasteiger partial charge in [0.2, 0.25) is 6.29 Å². The molecule has 2 aromatic carbocycles. The number of aliphatic hydroxyl groups excluding tert-OH is 4. The van der Waals surface area contributed by atoms with Gasteiger partial charge in [0.25, 0.3) is 0 Å². The van der Waals surface area contributed by atoms with E-state index in [-0.39, 0.29) is 33.3 Å². The van der Waals surface area contributed by atoms with Gasteiger partial charge in [-0.15, -0.1) is 0 Å². The minimum absolute atomic E-state index is 0.0438. The zero-order valence-electron chi connectivity index (χ0n) is 15.2. The molecule has 1 heterocycles. The smallest absolute Gasteiger partial charge is 0.229 e. The molecule has 0 radical (unpaired) electrons. The molecule has 152 valence electrons. The summed E-state index contributed by atoms with van der Waals surface area (Å²) in [4.78, 5) is 12.0. The molecule has 0 saturated carbocycles. The molecule has 5 atom stereocenters. The van der Waals surface area contributed by atoms with Crippen LogP contribution in [0.5, 0.6) is 11.5 Å². The molecule has 2 aromatic rings. The summed E-state index contributed by atoms with van der Waals surface area (Å²) in [5, 5.41) is 50.8. The number of rotatable bonds is 4. The van der Waals surface area contributed by atoms with E-state index in [9.17, 15) is 30.3 Å². The highest BCUT2D eigenvalue weighted by atomic mass is 35.5. The standard InChI is InChI=1S/C19H21ClO8/c1-7-12(8(2)22)16(24)13-9(14(7)20)4-3-5-10(13)27-19-18(26)17(25)15(23)11(6-21)28-19/h3-5,11,15,17-19,21,23-26H,6H2,1-2H3/t11-,15+,17-,18-,19+/m0/s1. The van der Waals surface area contributed by atoms with Gasteiger partial charge in [0.15, 0.2) is 5.78 Å². The highest BCUT2D eigenvalue weighted by Gasteiger charge is 2.45. The summed E-state index contributed by atoms with van der Waals surface area (Å²) < 4.78 is 11.0. The zero-order chi connectivity index (χ0) is 20.7. The van der Waals surface area contributed by atoms with Crippen molar-refractivity contribution in [2.24, 2.45) is 0 Å². The lowest BCUT2D eigenvalue weighted by Crippen LogP contribution is -2.60. The van der Waals surface area contributed by atoms with Crippen LogP contribution in [-0.4, -0.2) is 68.6 Å². The Bertz CT molecular complexity index is 913. The van der Waals surface area contributed by atoms with Crippen LogP contribution < -0.4 is 4.74 Å². The van der Waals surface area contributed by atoms with Gasteiger partial charge in [0.1, 0.15) is 35.9 Å². The van der Waals surface area contributed by atoms with Crippen LogP contribution in [0, 0.1) is 6.92 Å². The summed E-state index contributed by atoms with van der Waals surface area (Å²) in [7, 11) is 0. The minimum atomic E-state index is -1.62. The summed E-state index contributed by atoms with van der Waals surface area (Å²) >= 11 is 6.37. The summed E-state index contributed by atoms with van der Waals surface area (Å²) in [5.74, 6) is -0.672. The van der Waals surface area contributed by atoms with Crippen LogP contribution in [0.2, 0.25) is 5.02 Å². The van der Waals surface area contributed by atoms with E-state index >= 15 is 0 Å². The molecule has 28 heavy (non-hydrogen) atoms. The van der Waals surface area contributed by atoms with E-state index in [2.05, 4.69) is 0 Å². The molecule has 0 bridgehead atoms. The number of aliphatic hydroxyl groups is 4. The fourth-order valence-corrected chi connectivity index (χ4v) is 3.64. The molecular formula is C19H21ClO8. The van der Waals surface area contributed by atoms with Crippen molar-refractivity contribution in [1.29, 1.82) is 0 Å². The summed E-state index contributed by atoms with van der Waals surface area (Å²) in [6.45, 7) is 2.31. The van der Waals surface area contributed by atoms with Crippen molar-refractivity contribution in [3.8, 4) is 11.5 Å². The van der Waals surface area contributed by atoms with E-state index in [1.54, 1.807) is 19.1 Å². The Labute approximate surface area is 165 Å². The van der Waals surface area contributed by atoms with Gasteiger partial charge in [-0.05, 0) is 25.5 Å². The average molecular weight is 413 g/mol. The highest BCUT2D eigenvalue weighted by molar-refractivity contribution is 6.37. The van der Waals surface area contributed by atoms with E-state index < -0.39 is 37.3 Å². The molecule has 0 spiro atoms. The van der Waals surface area contributed by atoms with Crippen LogP contribution in [0.1, 0.15) is 22.8 Å². The molecule has 1 aliphatic heterocycles. The number of hydrogen-bond acceptors (Lipinski definition) is 8. The molecule has 9 heteroatoms. The number of fused-ring (bicyclic) bond motifs is 1. The Morgan fingerprint density at radius 1 is 1.21 bits per heavy atom. The molecular weight excluding hydrogens is 392 g/mol. The number of Topliss-reactive ketones (excluding diaryl/α,β-unsaturated/α-hetero) is 1. The second-order valence-electron chi connectivity index (χ2n) is 6.71. The quantitative estimate of drug-likeness (QED) is 0.467. The normalized spacial score (nSPS) is 27.8. The third-order valence-corrected chi connectivity index (χ3v) is 5.37. The largest absolute Gasteiger partial charge is 0.506 e. The maximum absolute atomic E-state index is 12.0. The number of hydrogen-bond donors (Lipinski definition) is 5. The molecule has 3 rings (SSSR count). The van der Waals surface area contributed by atoms with E-state index in [4.69, 9.17) is 21.1 Å². The van der Waals surface area contributed by atoms with Crippen LogP contribution in [0.25, 0.3) is 10.8 Å². The van der Waals surface area contributed by atoms with Crippen molar-refractivity contribution in [3.63, 3.8) is 0 Å². The lowest BCUT2D eigenvalue weighted by Gasteiger charge is -2.39. The number of phenolic OH excluding ortho intramolecular Hbond substituents is 1. The van der Waals surface area contributed by atoms with Gasteiger partial charge in [-0.3, -0.25) is 4.79 Å². The molecule has 8 nitrogen and oxygen atoms in total. The van der Waals surface area contributed by atoms with Gasteiger partial charge in [0.05, 0.1) is 22.6 Å². The monoisotopic (exact) mass is 412 g/mol. The van der Waals surface area contributed by atoms with Crippen molar-refractivity contribution in [1.82, 2.24) is 0 Å². The molecule has 0 amide bonds. The highest BCUT2D eigenvalue weighted by Crippen LogP contribution is 2.43. The first-order valence-corrected chi connectivity index (χ1v) is 8.98. The van der Waals surface area contributed by atoms with E-state index in [1.165, 1.54) is 13.0 Å². The molecule has 0 aliphatic carbocycles. The fourth-order valence-electron chi connectivity index (χ4n) is 3.39. The van der Waals surface area contributed by atoms with Crippen molar-refractivity contribution in [3.05, 3.63) is 34.3 Å². The molecule has 1 aliphatic rings. The van der Waals surface area contributed by atoms with Crippen molar-refractivity contribution in [2.75, 3.05) is 6.61 Å². The molecule has 0 unspecified atom stereocenters. The minimum Gasteiger partial charge on any atom is -0.506 e. The molecule has 5 N–H and O–H groups in total. The molecule has 1 saturated heterocycles. The third kappa shape index (κ3) is 3.32. The van der Waals surface area contributed by atoms with Gasteiger partial charge < -0.3 is 35.0 Å². The van der Waals surface area contributed by atoms with Crippen LogP contribution in [0.3, 0.4) is 0 Å². The second-order valence-corrected chi connectivity index (χ2v) is 7.09. The number of aromatic hydroxyl groups is 1. The fraction of sp³-hybridized carbons (Fsp3) is 0.421. The van der Waals surface area contributed by atoms with E-state index in [0.29, 0.717) is 10.9 Å². The Morgan fingerprint density at radius 2 is 1.89 bits per heavy atom. The van der Waals surface area contributed by atoms with Gasteiger partial charge in [0, 0.05) is 5.39 Å². The Kier molecular flexibility index (Phi) is 5.81. The summed E-state index contributed by atoms with van der Waals surface area (Å²) in [6.07, 6.45) is -7.35. The van der Waals surface area contributed by atoms with Crippen molar-refractivity contribution < 1.29 is 39.8 Å². The number of ether oxygens (including phenoxy) is 2. The number of carbonyl (C=O) groups is 1. The maximum Gasteiger partial charge on any atom is 0.229 e. The number of benzene rings is 2. The van der Waals surface area contributed by atoms with Crippen LogP contribution >= 0.6 is 11.6 Å². The molecule has 0 aromatic heterocycles. The van der Waals surface area contributed by atoms with Crippen molar-refractivity contribution in [2.45, 2.75) is 44.6 Å². The first-order valence-electron chi connectivity index (χ1n) is 8.60. The predicted octanol–water partition coefficient (Wildman–Crippen LogP) is 0.889. The summed E-state index contributed by atoms with van der Waals surface area (Å²) in [6, 6.07) is 4.70. The zero-order valence-corrected chi connectivity index (χ0v) is 15.9. The number of halogens is 1. The Morgan fingerprint density at radius 3 is 2.50 bits per heavy atom. The lowest BCUT2D eigenvalue weighted by molar-refractivity contribution is -0.277. The number of phenols is 1. The SMILES string of the molecule is CC(=O)c1c(C)c(Cl)c2cccc(O[C@@H]3O[C@@H](CO)[C@@H](O)[C@H](O)[C@@H]3O)c2c1O. The Hall–Kier alpha value is -1.94. The predicted molar refractivity (Wildman–Crippen MR) is 99.8 cm³/mol. The molecule has 1 fully saturated rings. The topological polar surface area (TPSA) is 137 Å². The van der Waals surface area contributed by atoms with Gasteiger partial charge in [-0.2, -0.15) is 0 Å². The Balaban J connectivity index is 2.10. The third-order valence-electron chi connectivity index (χ3n) is 4.88.